The van der Waals surface area contributed by atoms with Crippen molar-refractivity contribution >= 4 is 11.7 Å². The summed E-state index contributed by atoms with van der Waals surface area (Å²) in [4.78, 5) is 23.7. The monoisotopic (exact) mass is 288 g/mol. The molecular weight excluding hydrogens is 268 g/mol. The molecule has 1 unspecified atom stereocenters. The van der Waals surface area contributed by atoms with Crippen LogP contribution in [0.25, 0.3) is 0 Å². The van der Waals surface area contributed by atoms with Crippen molar-refractivity contribution in [3.63, 3.8) is 0 Å². The van der Waals surface area contributed by atoms with E-state index < -0.39 is 0 Å². The van der Waals surface area contributed by atoms with E-state index in [1.165, 1.54) is 0 Å². The van der Waals surface area contributed by atoms with Crippen molar-refractivity contribution in [3.8, 4) is 0 Å². The van der Waals surface area contributed by atoms with Crippen LogP contribution in [0, 0.1) is 5.92 Å². The standard InChI is InChI=1S/C15H20N4O2/c20-8-9-4-6-19(7-9)14-11-3-5-16-15(21)12(11)17-13(18-14)10-1-2-10/h9-10,20H,1-8H2,(H,16,21). The molecule has 6 heteroatoms. The molecule has 1 aromatic rings. The first-order chi connectivity index (χ1) is 10.3. The van der Waals surface area contributed by atoms with Gasteiger partial charge in [0.2, 0.25) is 0 Å². The maximum Gasteiger partial charge on any atom is 0.270 e. The lowest BCUT2D eigenvalue weighted by molar-refractivity contribution is 0.0940. The topological polar surface area (TPSA) is 78.4 Å². The second kappa shape index (κ2) is 4.94. The van der Waals surface area contributed by atoms with Gasteiger partial charge in [-0.3, -0.25) is 4.79 Å². The number of nitrogens with zero attached hydrogens (tertiary/aromatic N) is 3. The van der Waals surface area contributed by atoms with E-state index >= 15 is 0 Å². The lowest BCUT2D eigenvalue weighted by Crippen LogP contribution is -2.36. The smallest absolute Gasteiger partial charge is 0.270 e. The van der Waals surface area contributed by atoms with E-state index in [4.69, 9.17) is 4.98 Å². The first-order valence-electron chi connectivity index (χ1n) is 7.81. The Hall–Kier alpha value is -1.69. The molecule has 0 aromatic carbocycles. The van der Waals surface area contributed by atoms with Gasteiger partial charge in [0.05, 0.1) is 0 Å². The number of aliphatic hydroxyl groups excluding tert-OH is 1. The van der Waals surface area contributed by atoms with Gasteiger partial charge in [-0.1, -0.05) is 0 Å². The van der Waals surface area contributed by atoms with Crippen LogP contribution in [-0.4, -0.2) is 47.2 Å². The molecule has 3 aliphatic rings. The fourth-order valence-electron chi connectivity index (χ4n) is 3.25. The number of fused-ring (bicyclic) bond motifs is 1. The van der Waals surface area contributed by atoms with Gasteiger partial charge >= 0.3 is 0 Å². The molecule has 2 fully saturated rings. The number of aromatic nitrogens is 2. The zero-order valence-electron chi connectivity index (χ0n) is 12.0. The largest absolute Gasteiger partial charge is 0.396 e. The quantitative estimate of drug-likeness (QED) is 0.845. The van der Waals surface area contributed by atoms with Gasteiger partial charge in [-0.25, -0.2) is 9.97 Å². The van der Waals surface area contributed by atoms with Gasteiger partial charge in [-0.2, -0.15) is 0 Å². The van der Waals surface area contributed by atoms with Gasteiger partial charge < -0.3 is 15.3 Å². The average molecular weight is 288 g/mol. The molecule has 1 aromatic heterocycles. The molecule has 0 spiro atoms. The number of amides is 1. The molecule has 0 radical (unpaired) electrons. The number of hydrogen-bond donors (Lipinski definition) is 2. The number of carbonyl (C=O) groups is 1. The fourth-order valence-corrected chi connectivity index (χ4v) is 3.25. The Bertz CT molecular complexity index is 585. The van der Waals surface area contributed by atoms with E-state index in [-0.39, 0.29) is 12.5 Å². The van der Waals surface area contributed by atoms with E-state index in [2.05, 4.69) is 15.2 Å². The lowest BCUT2D eigenvalue weighted by atomic mass is 10.1. The minimum absolute atomic E-state index is 0.0697. The Labute approximate surface area is 123 Å². The van der Waals surface area contributed by atoms with Crippen LogP contribution in [-0.2, 0) is 6.42 Å². The van der Waals surface area contributed by atoms with Crippen LogP contribution in [0.2, 0.25) is 0 Å². The first kappa shape index (κ1) is 13.0. The van der Waals surface area contributed by atoms with Crippen molar-refractivity contribution < 1.29 is 9.90 Å². The number of carbonyl (C=O) groups excluding carboxylic acids is 1. The van der Waals surface area contributed by atoms with Gasteiger partial charge in [-0.05, 0) is 25.7 Å². The van der Waals surface area contributed by atoms with Crippen molar-refractivity contribution in [2.24, 2.45) is 5.92 Å². The predicted molar refractivity (Wildman–Crippen MR) is 77.5 cm³/mol. The maximum atomic E-state index is 12.1. The molecule has 0 bridgehead atoms. The van der Waals surface area contributed by atoms with Crippen LogP contribution in [0.5, 0.6) is 0 Å². The summed E-state index contributed by atoms with van der Waals surface area (Å²) in [6.07, 6.45) is 4.03. The highest BCUT2D eigenvalue weighted by molar-refractivity contribution is 5.96. The van der Waals surface area contributed by atoms with Gasteiger partial charge in [0, 0.05) is 43.6 Å². The van der Waals surface area contributed by atoms with E-state index in [0.29, 0.717) is 24.1 Å². The third-order valence-corrected chi connectivity index (χ3v) is 4.66. The Morgan fingerprint density at radius 3 is 2.86 bits per heavy atom. The maximum absolute atomic E-state index is 12.1. The normalized spacial score (nSPS) is 24.9. The molecule has 1 aliphatic carbocycles. The summed E-state index contributed by atoms with van der Waals surface area (Å²) in [5.74, 6) is 2.44. The molecule has 4 rings (SSSR count). The second-order valence-electron chi connectivity index (χ2n) is 6.30. The van der Waals surface area contributed by atoms with Crippen LogP contribution >= 0.6 is 0 Å². The Morgan fingerprint density at radius 1 is 1.29 bits per heavy atom. The van der Waals surface area contributed by atoms with E-state index in [1.807, 2.05) is 0 Å². The summed E-state index contributed by atoms with van der Waals surface area (Å²) in [5.41, 5.74) is 1.56. The fraction of sp³-hybridized carbons (Fsp3) is 0.667. The van der Waals surface area contributed by atoms with Crippen molar-refractivity contribution in [2.75, 3.05) is 31.1 Å². The molecule has 1 atom stereocenters. The van der Waals surface area contributed by atoms with Crippen LogP contribution in [0.15, 0.2) is 0 Å². The zero-order valence-corrected chi connectivity index (χ0v) is 12.0. The van der Waals surface area contributed by atoms with Crippen LogP contribution in [0.4, 0.5) is 5.82 Å². The van der Waals surface area contributed by atoms with Crippen molar-refractivity contribution in [3.05, 3.63) is 17.1 Å². The number of nitrogens with one attached hydrogen (secondary N) is 1. The zero-order chi connectivity index (χ0) is 14.4. The highest BCUT2D eigenvalue weighted by atomic mass is 16.3. The van der Waals surface area contributed by atoms with Gasteiger partial charge in [0.1, 0.15) is 17.3 Å². The predicted octanol–water partition coefficient (Wildman–Crippen LogP) is 0.458. The minimum Gasteiger partial charge on any atom is -0.396 e. The molecule has 21 heavy (non-hydrogen) atoms. The lowest BCUT2D eigenvalue weighted by Gasteiger charge is -2.25. The third-order valence-electron chi connectivity index (χ3n) is 4.66. The number of anilines is 1. The summed E-state index contributed by atoms with van der Waals surface area (Å²) in [5, 5.41) is 12.2. The Kier molecular flexibility index (Phi) is 3.06. The van der Waals surface area contributed by atoms with Gasteiger partial charge in [0.15, 0.2) is 0 Å². The minimum atomic E-state index is -0.0697. The molecule has 3 heterocycles. The second-order valence-corrected chi connectivity index (χ2v) is 6.30. The van der Waals surface area contributed by atoms with Crippen LogP contribution in [0.1, 0.15) is 47.1 Å². The SMILES string of the molecule is O=C1NCCc2c1nc(C1CC1)nc2N1CCC(CO)C1. The summed E-state index contributed by atoms with van der Waals surface area (Å²) < 4.78 is 0. The summed E-state index contributed by atoms with van der Waals surface area (Å²) in [7, 11) is 0. The van der Waals surface area contributed by atoms with E-state index in [9.17, 15) is 9.90 Å². The Balaban J connectivity index is 1.76. The van der Waals surface area contributed by atoms with Crippen molar-refractivity contribution in [1.82, 2.24) is 15.3 Å². The number of rotatable bonds is 3. The van der Waals surface area contributed by atoms with Gasteiger partial charge in [-0.15, -0.1) is 0 Å². The Morgan fingerprint density at radius 2 is 2.14 bits per heavy atom. The van der Waals surface area contributed by atoms with E-state index in [0.717, 1.165) is 56.0 Å². The molecular formula is C15H20N4O2. The van der Waals surface area contributed by atoms with Gasteiger partial charge in [0.25, 0.3) is 5.91 Å². The average Bonchev–Trinajstić information content (AvgIpc) is 3.24. The summed E-state index contributed by atoms with van der Waals surface area (Å²) in [6.45, 7) is 2.61. The van der Waals surface area contributed by atoms with Crippen molar-refractivity contribution in [2.45, 2.75) is 31.6 Å². The molecule has 6 nitrogen and oxygen atoms in total. The molecule has 112 valence electrons. The van der Waals surface area contributed by atoms with Crippen LogP contribution < -0.4 is 10.2 Å². The van der Waals surface area contributed by atoms with Crippen molar-refractivity contribution in [1.29, 1.82) is 0 Å². The third kappa shape index (κ3) is 2.27. The molecule has 2 N–H and O–H groups in total. The molecule has 1 saturated heterocycles. The first-order valence-corrected chi connectivity index (χ1v) is 7.81. The molecule has 1 saturated carbocycles. The number of aliphatic hydroxyl groups is 1. The summed E-state index contributed by atoms with van der Waals surface area (Å²) in [6, 6.07) is 0. The molecule has 2 aliphatic heterocycles. The number of hydrogen-bond acceptors (Lipinski definition) is 5. The molecule has 1 amide bonds. The highest BCUT2D eigenvalue weighted by Gasteiger charge is 2.34. The van der Waals surface area contributed by atoms with Crippen LogP contribution in [0.3, 0.4) is 0 Å². The summed E-state index contributed by atoms with van der Waals surface area (Å²) >= 11 is 0. The highest BCUT2D eigenvalue weighted by Crippen LogP contribution is 2.40. The van der Waals surface area contributed by atoms with E-state index in [1.54, 1.807) is 0 Å².